The van der Waals surface area contributed by atoms with Gasteiger partial charge in [-0.15, -0.1) is 0 Å². The number of methoxy groups -OCH3 is 1. The van der Waals surface area contributed by atoms with Crippen LogP contribution in [0.4, 0.5) is 0 Å². The van der Waals surface area contributed by atoms with Crippen molar-refractivity contribution >= 4 is 5.91 Å². The second kappa shape index (κ2) is 11.0. The first kappa shape index (κ1) is 21.4. The highest BCUT2D eigenvalue weighted by atomic mass is 16.5. The molecule has 5 heteroatoms. The smallest absolute Gasteiger partial charge is 0.223 e. The fourth-order valence-corrected chi connectivity index (χ4v) is 3.18. The van der Waals surface area contributed by atoms with E-state index >= 15 is 0 Å². The van der Waals surface area contributed by atoms with E-state index < -0.39 is 0 Å². The van der Waals surface area contributed by atoms with Crippen molar-refractivity contribution in [1.29, 1.82) is 0 Å². The zero-order chi connectivity index (χ0) is 21.2. The number of rotatable bonds is 10. The molecule has 0 N–H and O–H groups in total. The molecule has 3 aromatic rings. The third-order valence-corrected chi connectivity index (χ3v) is 4.93. The van der Waals surface area contributed by atoms with E-state index in [9.17, 15) is 4.79 Å². The highest BCUT2D eigenvalue weighted by Crippen LogP contribution is 2.18. The molecule has 0 unspecified atom stereocenters. The monoisotopic (exact) mass is 404 g/mol. The van der Waals surface area contributed by atoms with Crippen molar-refractivity contribution in [3.63, 3.8) is 0 Å². The quantitative estimate of drug-likeness (QED) is 0.456. The zero-order valence-corrected chi connectivity index (χ0v) is 17.6. The number of ether oxygens (including phenoxy) is 2. The second-order valence-electron chi connectivity index (χ2n) is 7.17. The first-order chi connectivity index (χ1) is 14.7. The highest BCUT2D eigenvalue weighted by molar-refractivity contribution is 5.76. The van der Waals surface area contributed by atoms with Gasteiger partial charge in [0.25, 0.3) is 0 Å². The van der Waals surface area contributed by atoms with Crippen molar-refractivity contribution in [1.82, 2.24) is 9.88 Å². The third-order valence-electron chi connectivity index (χ3n) is 4.93. The maximum atomic E-state index is 13.0. The minimum absolute atomic E-state index is 0.112. The predicted octanol–water partition coefficient (Wildman–Crippen LogP) is 4.79. The topological polar surface area (TPSA) is 51.7 Å². The molecule has 156 valence electrons. The van der Waals surface area contributed by atoms with Gasteiger partial charge in [-0.1, -0.05) is 30.3 Å². The van der Waals surface area contributed by atoms with Crippen LogP contribution in [0.1, 0.15) is 29.5 Å². The molecule has 2 aromatic carbocycles. The van der Waals surface area contributed by atoms with Crippen LogP contribution >= 0.6 is 0 Å². The number of carbonyl (C=O) groups excluding carboxylic acids is 1. The summed E-state index contributed by atoms with van der Waals surface area (Å²) in [6, 6.07) is 19.5. The van der Waals surface area contributed by atoms with Crippen LogP contribution in [0.2, 0.25) is 0 Å². The lowest BCUT2D eigenvalue weighted by atomic mass is 10.1. The van der Waals surface area contributed by atoms with E-state index in [0.29, 0.717) is 32.5 Å². The molecule has 0 aliphatic heterocycles. The Kier molecular flexibility index (Phi) is 7.84. The Balaban J connectivity index is 1.57. The summed E-state index contributed by atoms with van der Waals surface area (Å²) >= 11 is 0. The Hall–Kier alpha value is -3.34. The first-order valence-electron chi connectivity index (χ1n) is 10.1. The average Bonchev–Trinajstić information content (AvgIpc) is 2.78. The Morgan fingerprint density at radius 2 is 1.73 bits per heavy atom. The average molecular weight is 405 g/mol. The fraction of sp³-hybridized carbons (Fsp3) is 0.280. The molecule has 0 atom stereocenters. The molecular weight excluding hydrogens is 376 g/mol. The molecule has 1 amide bonds. The largest absolute Gasteiger partial charge is 0.497 e. The molecule has 5 nitrogen and oxygen atoms in total. The van der Waals surface area contributed by atoms with Gasteiger partial charge < -0.3 is 14.4 Å². The van der Waals surface area contributed by atoms with Crippen LogP contribution in [-0.4, -0.2) is 29.5 Å². The Bertz CT molecular complexity index is 927. The minimum Gasteiger partial charge on any atom is -0.497 e. The molecule has 1 heterocycles. The van der Waals surface area contributed by atoms with E-state index in [0.717, 1.165) is 22.6 Å². The van der Waals surface area contributed by atoms with E-state index in [4.69, 9.17) is 9.47 Å². The maximum absolute atomic E-state index is 13.0. The number of carbonyl (C=O) groups is 1. The summed E-state index contributed by atoms with van der Waals surface area (Å²) < 4.78 is 10.9. The maximum Gasteiger partial charge on any atom is 0.223 e. The Morgan fingerprint density at radius 3 is 2.43 bits per heavy atom. The summed E-state index contributed by atoms with van der Waals surface area (Å²) in [5.41, 5.74) is 3.36. The van der Waals surface area contributed by atoms with Crippen LogP contribution < -0.4 is 9.47 Å². The van der Waals surface area contributed by atoms with Crippen molar-refractivity contribution in [3.05, 3.63) is 89.7 Å². The van der Waals surface area contributed by atoms with Gasteiger partial charge in [-0.05, 0) is 60.4 Å². The van der Waals surface area contributed by atoms with Crippen molar-refractivity contribution in [2.24, 2.45) is 0 Å². The van der Waals surface area contributed by atoms with Gasteiger partial charge in [0.05, 0.1) is 13.7 Å². The van der Waals surface area contributed by atoms with Gasteiger partial charge in [-0.2, -0.15) is 0 Å². The van der Waals surface area contributed by atoms with Gasteiger partial charge >= 0.3 is 0 Å². The minimum atomic E-state index is 0.112. The van der Waals surface area contributed by atoms with E-state index in [1.807, 2.05) is 59.6 Å². The lowest BCUT2D eigenvalue weighted by molar-refractivity contribution is -0.132. The molecule has 0 aliphatic carbocycles. The van der Waals surface area contributed by atoms with Crippen molar-refractivity contribution < 1.29 is 14.3 Å². The summed E-state index contributed by atoms with van der Waals surface area (Å²) in [4.78, 5) is 19.1. The van der Waals surface area contributed by atoms with E-state index in [1.54, 1.807) is 13.3 Å². The Labute approximate surface area is 178 Å². The Morgan fingerprint density at radius 1 is 0.967 bits per heavy atom. The number of hydrogen-bond donors (Lipinski definition) is 0. The summed E-state index contributed by atoms with van der Waals surface area (Å²) in [7, 11) is 1.63. The van der Waals surface area contributed by atoms with Crippen LogP contribution in [0.3, 0.4) is 0 Å². The molecule has 0 spiro atoms. The summed E-state index contributed by atoms with van der Waals surface area (Å²) in [5.74, 6) is 1.68. The van der Waals surface area contributed by atoms with Crippen molar-refractivity contribution in [3.8, 4) is 11.5 Å². The number of nitrogens with zero attached hydrogens (tertiary/aromatic N) is 2. The standard InChI is InChI=1S/C25H28N2O3/c1-20-7-3-4-9-22(20)19-27(18-21-8-5-15-26-17-21)25(28)10-6-16-30-24-13-11-23(29-2)12-14-24/h3-5,7-9,11-15,17H,6,10,16,18-19H2,1-2H3. The molecule has 0 saturated heterocycles. The van der Waals surface area contributed by atoms with Crippen molar-refractivity contribution in [2.75, 3.05) is 13.7 Å². The molecular formula is C25H28N2O3. The van der Waals surface area contributed by atoms with Crippen LogP contribution in [0.25, 0.3) is 0 Å². The molecule has 0 saturated carbocycles. The second-order valence-corrected chi connectivity index (χ2v) is 7.17. The molecule has 3 rings (SSSR count). The van der Waals surface area contributed by atoms with Crippen LogP contribution in [0.15, 0.2) is 73.1 Å². The third kappa shape index (κ3) is 6.34. The van der Waals surface area contributed by atoms with Gasteiger partial charge in [0.2, 0.25) is 5.91 Å². The summed E-state index contributed by atoms with van der Waals surface area (Å²) in [5, 5.41) is 0. The van der Waals surface area contributed by atoms with Crippen LogP contribution in [0, 0.1) is 6.92 Å². The molecule has 1 aromatic heterocycles. The number of aryl methyl sites for hydroxylation is 1. The van der Waals surface area contributed by atoms with Gasteiger partial charge in [-0.3, -0.25) is 9.78 Å². The van der Waals surface area contributed by atoms with Gasteiger partial charge in [0, 0.05) is 31.9 Å². The van der Waals surface area contributed by atoms with Gasteiger partial charge in [-0.25, -0.2) is 0 Å². The number of aromatic nitrogens is 1. The van der Waals surface area contributed by atoms with Crippen molar-refractivity contribution in [2.45, 2.75) is 32.9 Å². The lowest BCUT2D eigenvalue weighted by Gasteiger charge is -2.24. The SMILES string of the molecule is COc1ccc(OCCCC(=O)N(Cc2cccnc2)Cc2ccccc2C)cc1. The first-order valence-corrected chi connectivity index (χ1v) is 10.1. The van der Waals surface area contributed by atoms with Gasteiger partial charge in [0.1, 0.15) is 11.5 Å². The predicted molar refractivity (Wildman–Crippen MR) is 117 cm³/mol. The molecule has 0 aliphatic rings. The zero-order valence-electron chi connectivity index (χ0n) is 17.6. The number of amides is 1. The number of pyridine rings is 1. The van der Waals surface area contributed by atoms with E-state index in [1.165, 1.54) is 5.56 Å². The molecule has 30 heavy (non-hydrogen) atoms. The van der Waals surface area contributed by atoms with E-state index in [2.05, 4.69) is 24.0 Å². The number of benzene rings is 2. The van der Waals surface area contributed by atoms with E-state index in [-0.39, 0.29) is 5.91 Å². The van der Waals surface area contributed by atoms with Gasteiger partial charge in [0.15, 0.2) is 0 Å². The van der Waals surface area contributed by atoms with Crippen LogP contribution in [0.5, 0.6) is 11.5 Å². The fourth-order valence-electron chi connectivity index (χ4n) is 3.18. The number of hydrogen-bond acceptors (Lipinski definition) is 4. The van der Waals surface area contributed by atoms with Crippen LogP contribution in [-0.2, 0) is 17.9 Å². The molecule has 0 fully saturated rings. The summed E-state index contributed by atoms with van der Waals surface area (Å²) in [6.07, 6.45) is 4.64. The summed E-state index contributed by atoms with van der Waals surface area (Å²) in [6.45, 7) is 3.69. The molecule has 0 radical (unpaired) electrons. The molecule has 0 bridgehead atoms. The lowest BCUT2D eigenvalue weighted by Crippen LogP contribution is -2.30. The normalized spacial score (nSPS) is 10.5. The highest BCUT2D eigenvalue weighted by Gasteiger charge is 2.15.